The summed E-state index contributed by atoms with van der Waals surface area (Å²) >= 11 is 0.950. The van der Waals surface area contributed by atoms with Gasteiger partial charge in [0.05, 0.1) is 15.6 Å². The van der Waals surface area contributed by atoms with Gasteiger partial charge < -0.3 is 10.1 Å². The van der Waals surface area contributed by atoms with Crippen LogP contribution in [-0.4, -0.2) is 52.7 Å². The van der Waals surface area contributed by atoms with Gasteiger partial charge in [0.15, 0.2) is 6.10 Å². The molecule has 1 aliphatic rings. The number of nitro groups is 1. The van der Waals surface area contributed by atoms with Crippen LogP contribution in [0.5, 0.6) is 0 Å². The van der Waals surface area contributed by atoms with E-state index in [1.807, 2.05) is 0 Å². The number of nitrogens with one attached hydrogen (secondary N) is 1. The predicted molar refractivity (Wildman–Crippen MR) is 84.5 cm³/mol. The summed E-state index contributed by atoms with van der Waals surface area (Å²) in [6.45, 7) is 1.96. The lowest BCUT2D eigenvalue weighted by atomic mass is 10.3. The molecule has 1 aromatic rings. The van der Waals surface area contributed by atoms with E-state index in [0.717, 1.165) is 16.7 Å². The molecule has 1 N–H and O–H groups in total. The highest BCUT2D eigenvalue weighted by Crippen LogP contribution is 2.28. The van der Waals surface area contributed by atoms with Crippen molar-refractivity contribution in [3.8, 4) is 0 Å². The molecule has 10 heteroatoms. The predicted octanol–water partition coefficient (Wildman–Crippen LogP) is 1.17. The van der Waals surface area contributed by atoms with Crippen molar-refractivity contribution in [2.75, 3.05) is 18.8 Å². The monoisotopic (exact) mass is 353 g/mol. The van der Waals surface area contributed by atoms with Crippen molar-refractivity contribution in [2.45, 2.75) is 17.9 Å². The van der Waals surface area contributed by atoms with Crippen LogP contribution in [0.2, 0.25) is 0 Å². The van der Waals surface area contributed by atoms with Gasteiger partial charge in [-0.2, -0.15) is 0 Å². The second-order valence-electron chi connectivity index (χ2n) is 4.87. The maximum Gasteiger partial charge on any atom is 0.324 e. The Morgan fingerprint density at radius 1 is 1.46 bits per heavy atom. The van der Waals surface area contributed by atoms with E-state index in [4.69, 9.17) is 4.74 Å². The molecule has 9 nitrogen and oxygen atoms in total. The third-order valence-electron chi connectivity index (χ3n) is 3.19. The van der Waals surface area contributed by atoms with Crippen LogP contribution in [0.4, 0.5) is 10.5 Å². The molecule has 1 saturated heterocycles. The zero-order valence-corrected chi connectivity index (χ0v) is 13.6. The molecule has 0 aliphatic carbocycles. The zero-order chi connectivity index (χ0) is 17.7. The van der Waals surface area contributed by atoms with Gasteiger partial charge in [-0.05, 0) is 13.0 Å². The molecular weight excluding hydrogens is 338 g/mol. The summed E-state index contributed by atoms with van der Waals surface area (Å²) in [5, 5.41) is 13.4. The Kier molecular flexibility index (Phi) is 5.74. The minimum atomic E-state index is -1.10. The molecule has 1 atom stereocenters. The molecule has 0 radical (unpaired) electrons. The average Bonchev–Trinajstić information content (AvgIpc) is 2.98. The van der Waals surface area contributed by atoms with E-state index in [0.29, 0.717) is 11.4 Å². The van der Waals surface area contributed by atoms with Gasteiger partial charge in [-0.3, -0.25) is 24.6 Å². The molecule has 3 amide bonds. The number of nitro benzene ring substituents is 1. The van der Waals surface area contributed by atoms with E-state index in [1.165, 1.54) is 25.1 Å². The van der Waals surface area contributed by atoms with Crippen LogP contribution in [-0.2, 0) is 14.3 Å². The normalized spacial score (nSPS) is 14.9. The summed E-state index contributed by atoms with van der Waals surface area (Å²) in [5.41, 5.74) is -0.104. The largest absolute Gasteiger partial charge is 0.452 e. The fraction of sp³-hybridized carbons (Fsp3) is 0.357. The molecule has 1 aliphatic heterocycles. The number of para-hydroxylation sites is 1. The van der Waals surface area contributed by atoms with Crippen LogP contribution in [0.3, 0.4) is 0 Å². The number of esters is 1. The van der Waals surface area contributed by atoms with Crippen molar-refractivity contribution in [1.29, 1.82) is 0 Å². The number of benzene rings is 1. The van der Waals surface area contributed by atoms with Gasteiger partial charge >= 0.3 is 12.0 Å². The minimum Gasteiger partial charge on any atom is -0.452 e. The van der Waals surface area contributed by atoms with Crippen LogP contribution in [0.25, 0.3) is 0 Å². The van der Waals surface area contributed by atoms with E-state index in [1.54, 1.807) is 6.07 Å². The topological polar surface area (TPSA) is 119 Å². The third kappa shape index (κ3) is 4.22. The van der Waals surface area contributed by atoms with Crippen molar-refractivity contribution in [3.05, 3.63) is 34.4 Å². The Labute approximate surface area is 141 Å². The first-order chi connectivity index (χ1) is 11.4. The number of carbonyl (C=O) groups is 3. The molecule has 0 aromatic heterocycles. The molecule has 0 unspecified atom stereocenters. The maximum atomic E-state index is 12.0. The summed E-state index contributed by atoms with van der Waals surface area (Å²) in [6, 6.07) is 5.50. The lowest BCUT2D eigenvalue weighted by Gasteiger charge is -2.18. The van der Waals surface area contributed by atoms with Crippen molar-refractivity contribution in [1.82, 2.24) is 10.2 Å². The summed E-state index contributed by atoms with van der Waals surface area (Å²) in [6.07, 6.45) is -1.10. The van der Waals surface area contributed by atoms with Gasteiger partial charge in [0.1, 0.15) is 0 Å². The number of hydrogen-bond donors (Lipinski definition) is 1. The van der Waals surface area contributed by atoms with E-state index >= 15 is 0 Å². The van der Waals surface area contributed by atoms with Gasteiger partial charge in [-0.25, -0.2) is 4.79 Å². The first-order valence-corrected chi connectivity index (χ1v) is 8.03. The van der Waals surface area contributed by atoms with Gasteiger partial charge in [0, 0.05) is 19.2 Å². The number of urea groups is 1. The molecule has 1 heterocycles. The summed E-state index contributed by atoms with van der Waals surface area (Å²) < 4.78 is 4.99. The van der Waals surface area contributed by atoms with Crippen LogP contribution in [0.1, 0.15) is 6.92 Å². The van der Waals surface area contributed by atoms with Crippen LogP contribution in [0, 0.1) is 10.1 Å². The number of hydrogen-bond acceptors (Lipinski definition) is 7. The maximum absolute atomic E-state index is 12.0. The van der Waals surface area contributed by atoms with Crippen molar-refractivity contribution in [3.63, 3.8) is 0 Å². The van der Waals surface area contributed by atoms with Gasteiger partial charge in [0.2, 0.25) is 0 Å². The van der Waals surface area contributed by atoms with Crippen LogP contribution in [0.15, 0.2) is 29.2 Å². The number of imide groups is 1. The Morgan fingerprint density at radius 3 is 2.79 bits per heavy atom. The molecule has 1 aromatic carbocycles. The van der Waals surface area contributed by atoms with E-state index < -0.39 is 28.9 Å². The molecular formula is C14H15N3O6S. The van der Waals surface area contributed by atoms with Gasteiger partial charge in [-0.1, -0.05) is 12.1 Å². The lowest BCUT2D eigenvalue weighted by Crippen LogP contribution is -2.42. The molecule has 0 spiro atoms. The van der Waals surface area contributed by atoms with Gasteiger partial charge in [0.25, 0.3) is 11.6 Å². The molecule has 2 rings (SSSR count). The fourth-order valence-corrected chi connectivity index (χ4v) is 2.86. The van der Waals surface area contributed by atoms with Crippen molar-refractivity contribution in [2.24, 2.45) is 0 Å². The number of carbonyl (C=O) groups excluding carboxylic acids is 3. The third-order valence-corrected chi connectivity index (χ3v) is 4.22. The zero-order valence-electron chi connectivity index (χ0n) is 12.8. The number of thioether (sulfide) groups is 1. The summed E-state index contributed by atoms with van der Waals surface area (Å²) in [5.74, 6) is -1.48. The quantitative estimate of drug-likeness (QED) is 0.353. The first-order valence-electron chi connectivity index (χ1n) is 7.05. The Morgan fingerprint density at radius 2 is 2.17 bits per heavy atom. The van der Waals surface area contributed by atoms with Crippen LogP contribution < -0.4 is 5.32 Å². The highest BCUT2D eigenvalue weighted by Gasteiger charge is 2.31. The van der Waals surface area contributed by atoms with E-state index in [2.05, 4.69) is 5.32 Å². The highest BCUT2D eigenvalue weighted by molar-refractivity contribution is 8.00. The number of ether oxygens (including phenoxy) is 1. The first kappa shape index (κ1) is 17.7. The van der Waals surface area contributed by atoms with E-state index in [-0.39, 0.29) is 18.0 Å². The second-order valence-corrected chi connectivity index (χ2v) is 5.88. The lowest BCUT2D eigenvalue weighted by molar-refractivity contribution is -0.387. The standard InChI is InChI=1S/C14H15N3O6S/c1-9(13(19)16-7-6-15-14(16)20)23-12(18)8-24-11-5-3-2-4-10(11)17(21)22/h2-5,9H,6-8H2,1H3,(H,15,20)/t9-/m1/s1. The second kappa shape index (κ2) is 7.77. The minimum absolute atomic E-state index is 0.104. The molecule has 0 bridgehead atoms. The smallest absolute Gasteiger partial charge is 0.324 e. The Hall–Kier alpha value is -2.62. The summed E-state index contributed by atoms with van der Waals surface area (Å²) in [7, 11) is 0. The number of rotatable bonds is 6. The van der Waals surface area contributed by atoms with Crippen molar-refractivity contribution < 1.29 is 24.0 Å². The number of amides is 3. The SMILES string of the molecule is C[C@@H](OC(=O)CSc1ccccc1[N+](=O)[O-])C(=O)N1CCNC1=O. The highest BCUT2D eigenvalue weighted by atomic mass is 32.2. The van der Waals surface area contributed by atoms with Crippen LogP contribution >= 0.6 is 11.8 Å². The Bertz CT molecular complexity index is 680. The van der Waals surface area contributed by atoms with Crippen molar-refractivity contribution >= 4 is 35.4 Å². The molecule has 24 heavy (non-hydrogen) atoms. The van der Waals surface area contributed by atoms with E-state index in [9.17, 15) is 24.5 Å². The fourth-order valence-electron chi connectivity index (χ4n) is 2.05. The number of nitrogens with zero attached hydrogens (tertiary/aromatic N) is 2. The molecule has 0 saturated carbocycles. The van der Waals surface area contributed by atoms with Gasteiger partial charge in [-0.15, -0.1) is 11.8 Å². The molecule has 1 fully saturated rings. The summed E-state index contributed by atoms with van der Waals surface area (Å²) in [4.78, 5) is 46.9. The Balaban J connectivity index is 1.88. The molecule has 128 valence electrons. The average molecular weight is 353 g/mol.